The zero-order valence-corrected chi connectivity index (χ0v) is 20.7. The van der Waals surface area contributed by atoms with Crippen LogP contribution in [0.4, 0.5) is 5.82 Å². The zero-order valence-electron chi connectivity index (χ0n) is 20.7. The minimum Gasteiger partial charge on any atom is -0.438 e. The number of nitrogens with zero attached hydrogens (tertiary/aromatic N) is 6. The smallest absolute Gasteiger partial charge is 0.230 e. The highest BCUT2D eigenvalue weighted by atomic mass is 16.5. The lowest BCUT2D eigenvalue weighted by molar-refractivity contribution is 0.446. The number of rotatable bonds is 4. The monoisotopic (exact) mass is 495 g/mol. The molecule has 3 aromatic carbocycles. The van der Waals surface area contributed by atoms with E-state index in [2.05, 4.69) is 12.1 Å². The van der Waals surface area contributed by atoms with Crippen molar-refractivity contribution in [2.75, 3.05) is 5.73 Å². The van der Waals surface area contributed by atoms with Crippen molar-refractivity contribution >= 4 is 22.5 Å². The summed E-state index contributed by atoms with van der Waals surface area (Å²) >= 11 is 0. The predicted molar refractivity (Wildman–Crippen MR) is 145 cm³/mol. The summed E-state index contributed by atoms with van der Waals surface area (Å²) in [6, 6.07) is 29.1. The molecule has 0 fully saturated rings. The SMILES string of the molecule is Cc1ccc(-n2nc(C)c(-c3c(C#N)c(N)n4c(nc5ccccc54)c3C#N)c2Oc2ccccc2)cc1. The van der Waals surface area contributed by atoms with Gasteiger partial charge in [-0.2, -0.15) is 20.3 Å². The van der Waals surface area contributed by atoms with E-state index in [0.29, 0.717) is 45.1 Å². The fourth-order valence-corrected chi connectivity index (χ4v) is 4.73. The van der Waals surface area contributed by atoms with Gasteiger partial charge in [0.25, 0.3) is 0 Å². The number of ether oxygens (including phenoxy) is 1. The van der Waals surface area contributed by atoms with E-state index >= 15 is 0 Å². The number of pyridine rings is 1. The van der Waals surface area contributed by atoms with Gasteiger partial charge >= 0.3 is 0 Å². The number of aryl methyl sites for hydroxylation is 2. The first kappa shape index (κ1) is 22.8. The Morgan fingerprint density at radius 2 is 1.50 bits per heavy atom. The molecule has 0 saturated heterocycles. The molecule has 0 saturated carbocycles. The van der Waals surface area contributed by atoms with Crippen LogP contribution in [0.5, 0.6) is 11.6 Å². The number of aromatic nitrogens is 4. The number of para-hydroxylation sites is 3. The van der Waals surface area contributed by atoms with Crippen molar-refractivity contribution in [2.45, 2.75) is 13.8 Å². The zero-order chi connectivity index (χ0) is 26.4. The molecular formula is C30H21N7O. The molecule has 0 aliphatic rings. The first-order valence-corrected chi connectivity index (χ1v) is 11.9. The molecule has 0 spiro atoms. The predicted octanol–water partition coefficient (Wildman–Crippen LogP) is 6.07. The number of benzene rings is 3. The van der Waals surface area contributed by atoms with Crippen LogP contribution in [0.1, 0.15) is 22.4 Å². The Balaban J connectivity index is 1.73. The van der Waals surface area contributed by atoms with E-state index in [-0.39, 0.29) is 16.9 Å². The third-order valence-corrected chi connectivity index (χ3v) is 6.51. The second-order valence-corrected chi connectivity index (χ2v) is 8.92. The van der Waals surface area contributed by atoms with Crippen molar-refractivity contribution in [3.05, 3.63) is 101 Å². The van der Waals surface area contributed by atoms with Gasteiger partial charge in [0, 0.05) is 5.56 Å². The molecule has 182 valence electrons. The normalized spacial score (nSPS) is 10.9. The molecule has 8 nitrogen and oxygen atoms in total. The second-order valence-electron chi connectivity index (χ2n) is 8.92. The fraction of sp³-hybridized carbons (Fsp3) is 0.0667. The van der Waals surface area contributed by atoms with Gasteiger partial charge < -0.3 is 10.5 Å². The average molecular weight is 496 g/mol. The maximum Gasteiger partial charge on any atom is 0.230 e. The number of imidazole rings is 1. The summed E-state index contributed by atoms with van der Waals surface area (Å²) in [5.74, 6) is 1.14. The van der Waals surface area contributed by atoms with Crippen LogP contribution in [0.25, 0.3) is 33.5 Å². The topological polar surface area (TPSA) is 118 Å². The number of anilines is 1. The highest BCUT2D eigenvalue weighted by molar-refractivity contribution is 5.94. The molecular weight excluding hydrogens is 474 g/mol. The van der Waals surface area contributed by atoms with Gasteiger partial charge in [0.15, 0.2) is 5.65 Å². The Hall–Kier alpha value is -5.60. The number of nitrogen functional groups attached to an aromatic ring is 1. The van der Waals surface area contributed by atoms with Gasteiger partial charge in [0.2, 0.25) is 5.88 Å². The Labute approximate surface area is 218 Å². The van der Waals surface area contributed by atoms with Crippen LogP contribution in [-0.2, 0) is 0 Å². The van der Waals surface area contributed by atoms with Crippen molar-refractivity contribution < 1.29 is 4.74 Å². The summed E-state index contributed by atoms with van der Waals surface area (Å²) in [4.78, 5) is 4.71. The number of nitriles is 2. The van der Waals surface area contributed by atoms with Gasteiger partial charge in [-0.15, -0.1) is 0 Å². The Kier molecular flexibility index (Phi) is 5.29. The summed E-state index contributed by atoms with van der Waals surface area (Å²) in [5.41, 5.74) is 12.0. The highest BCUT2D eigenvalue weighted by Gasteiger charge is 2.29. The molecule has 0 aliphatic heterocycles. The third-order valence-electron chi connectivity index (χ3n) is 6.51. The van der Waals surface area contributed by atoms with Gasteiger partial charge in [-0.25, -0.2) is 4.98 Å². The lowest BCUT2D eigenvalue weighted by Gasteiger charge is -2.15. The molecule has 0 atom stereocenters. The molecule has 2 N–H and O–H groups in total. The van der Waals surface area contributed by atoms with Crippen LogP contribution < -0.4 is 10.5 Å². The highest BCUT2D eigenvalue weighted by Crippen LogP contribution is 2.44. The summed E-state index contributed by atoms with van der Waals surface area (Å²) in [6.45, 7) is 3.83. The van der Waals surface area contributed by atoms with E-state index in [1.54, 1.807) is 9.08 Å². The van der Waals surface area contributed by atoms with E-state index in [1.807, 2.05) is 92.7 Å². The van der Waals surface area contributed by atoms with Crippen LogP contribution in [0.3, 0.4) is 0 Å². The minimum absolute atomic E-state index is 0.154. The lowest BCUT2D eigenvalue weighted by atomic mass is 9.96. The lowest BCUT2D eigenvalue weighted by Crippen LogP contribution is -2.06. The van der Waals surface area contributed by atoms with Crippen LogP contribution >= 0.6 is 0 Å². The number of fused-ring (bicyclic) bond motifs is 3. The van der Waals surface area contributed by atoms with Crippen LogP contribution in [0.15, 0.2) is 78.9 Å². The van der Waals surface area contributed by atoms with Crippen molar-refractivity contribution in [1.29, 1.82) is 10.5 Å². The van der Waals surface area contributed by atoms with Gasteiger partial charge in [0.1, 0.15) is 34.8 Å². The summed E-state index contributed by atoms with van der Waals surface area (Å²) in [7, 11) is 0. The van der Waals surface area contributed by atoms with Crippen LogP contribution in [0, 0.1) is 36.5 Å². The molecule has 0 bridgehead atoms. The van der Waals surface area contributed by atoms with Crippen molar-refractivity contribution in [2.24, 2.45) is 0 Å². The summed E-state index contributed by atoms with van der Waals surface area (Å²) in [6.07, 6.45) is 0. The maximum atomic E-state index is 10.4. The van der Waals surface area contributed by atoms with Crippen molar-refractivity contribution in [3.63, 3.8) is 0 Å². The van der Waals surface area contributed by atoms with Gasteiger partial charge in [0.05, 0.1) is 28.0 Å². The quantitative estimate of drug-likeness (QED) is 0.317. The number of nitrogens with two attached hydrogens (primary N) is 1. The molecule has 3 heterocycles. The van der Waals surface area contributed by atoms with E-state index in [9.17, 15) is 10.5 Å². The minimum atomic E-state index is 0.154. The molecule has 3 aromatic heterocycles. The van der Waals surface area contributed by atoms with E-state index in [0.717, 1.165) is 11.3 Å². The molecule has 6 rings (SSSR count). The molecule has 38 heavy (non-hydrogen) atoms. The summed E-state index contributed by atoms with van der Waals surface area (Å²) in [5, 5.41) is 25.5. The van der Waals surface area contributed by atoms with E-state index in [1.165, 1.54) is 0 Å². The first-order valence-electron chi connectivity index (χ1n) is 11.9. The second kappa shape index (κ2) is 8.81. The number of hydrogen-bond acceptors (Lipinski definition) is 6. The molecule has 0 amide bonds. The molecule has 8 heteroatoms. The van der Waals surface area contributed by atoms with Gasteiger partial charge in [-0.05, 0) is 50.2 Å². The molecule has 0 aliphatic carbocycles. The fourth-order valence-electron chi connectivity index (χ4n) is 4.73. The van der Waals surface area contributed by atoms with Crippen molar-refractivity contribution in [1.82, 2.24) is 19.2 Å². The Morgan fingerprint density at radius 3 is 2.21 bits per heavy atom. The van der Waals surface area contributed by atoms with Crippen molar-refractivity contribution in [3.8, 4) is 40.6 Å². The Bertz CT molecular complexity index is 1940. The van der Waals surface area contributed by atoms with Gasteiger partial charge in [-0.3, -0.25) is 4.40 Å². The third kappa shape index (κ3) is 3.44. The van der Waals surface area contributed by atoms with E-state index < -0.39 is 0 Å². The molecule has 0 radical (unpaired) electrons. The average Bonchev–Trinajstić information content (AvgIpc) is 3.47. The van der Waals surface area contributed by atoms with Crippen LogP contribution in [0.2, 0.25) is 0 Å². The van der Waals surface area contributed by atoms with Crippen LogP contribution in [-0.4, -0.2) is 19.2 Å². The van der Waals surface area contributed by atoms with Gasteiger partial charge in [-0.1, -0.05) is 48.0 Å². The summed E-state index contributed by atoms with van der Waals surface area (Å²) < 4.78 is 9.77. The molecule has 6 aromatic rings. The standard InChI is InChI=1S/C30H21N7O/c1-18-12-14-20(15-13-18)37-30(38-21-8-4-3-5-9-21)26(19(2)35-37)27-22(16-31)28(33)36-25-11-7-6-10-24(25)34-29(36)23(27)17-32/h3-15H,33H2,1-2H3. The van der Waals surface area contributed by atoms with E-state index in [4.69, 9.17) is 20.6 Å². The number of hydrogen-bond donors (Lipinski definition) is 1. The maximum absolute atomic E-state index is 10.4. The first-order chi connectivity index (χ1) is 18.5. The Morgan fingerprint density at radius 1 is 0.816 bits per heavy atom. The largest absolute Gasteiger partial charge is 0.438 e. The molecule has 0 unspecified atom stereocenters.